The van der Waals surface area contributed by atoms with Crippen LogP contribution in [-0.2, 0) is 6.42 Å². The molecule has 0 spiro atoms. The van der Waals surface area contributed by atoms with Crippen molar-refractivity contribution in [1.29, 1.82) is 0 Å². The van der Waals surface area contributed by atoms with Crippen molar-refractivity contribution in [2.75, 3.05) is 7.11 Å². The van der Waals surface area contributed by atoms with E-state index in [-0.39, 0.29) is 0 Å². The fraction of sp³-hybridized carbons (Fsp3) is 0.625. The molecule has 17 heavy (non-hydrogen) atoms. The summed E-state index contributed by atoms with van der Waals surface area (Å²) in [7, 11) is 1.71. The quantitative estimate of drug-likeness (QED) is 0.585. The second-order valence-corrected chi connectivity index (χ2v) is 4.99. The van der Waals surface area contributed by atoms with Crippen molar-refractivity contribution in [3.8, 4) is 5.75 Å². The molecule has 0 amide bonds. The molecule has 0 aliphatic heterocycles. The minimum Gasteiger partial charge on any atom is -0.497 e. The van der Waals surface area contributed by atoms with Gasteiger partial charge in [-0.1, -0.05) is 51.7 Å². The Morgan fingerprint density at radius 3 is 2.35 bits per heavy atom. The summed E-state index contributed by atoms with van der Waals surface area (Å²) in [6.45, 7) is 4.64. The molecule has 0 fully saturated rings. The Hall–Kier alpha value is -0.980. The molecule has 0 saturated carbocycles. The lowest BCUT2D eigenvalue weighted by atomic mass is 9.97. The predicted molar refractivity (Wildman–Crippen MR) is 74.6 cm³/mol. The third-order valence-electron chi connectivity index (χ3n) is 3.35. The standard InChI is InChI=1S/C16H26O/c1-4-7-14(2)8-5-6-9-15-10-12-16(17-3)13-11-15/h10-14H,4-9H2,1-3H3. The number of methoxy groups -OCH3 is 1. The van der Waals surface area contributed by atoms with E-state index >= 15 is 0 Å². The van der Waals surface area contributed by atoms with E-state index in [9.17, 15) is 0 Å². The molecule has 96 valence electrons. The zero-order valence-corrected chi connectivity index (χ0v) is 11.5. The molecule has 1 aromatic rings. The minimum absolute atomic E-state index is 0.899. The third kappa shape index (κ3) is 5.76. The highest BCUT2D eigenvalue weighted by molar-refractivity contribution is 5.27. The summed E-state index contributed by atoms with van der Waals surface area (Å²) < 4.78 is 5.15. The van der Waals surface area contributed by atoms with Crippen LogP contribution in [0.4, 0.5) is 0 Å². The van der Waals surface area contributed by atoms with E-state index in [1.165, 1.54) is 44.1 Å². The van der Waals surface area contributed by atoms with Crippen molar-refractivity contribution >= 4 is 0 Å². The maximum absolute atomic E-state index is 5.15. The summed E-state index contributed by atoms with van der Waals surface area (Å²) >= 11 is 0. The number of rotatable bonds is 8. The first-order valence-electron chi connectivity index (χ1n) is 6.89. The molecule has 1 atom stereocenters. The van der Waals surface area contributed by atoms with Crippen LogP contribution in [0, 0.1) is 5.92 Å². The molecule has 1 aromatic carbocycles. The van der Waals surface area contributed by atoms with E-state index in [0.29, 0.717) is 0 Å². The summed E-state index contributed by atoms with van der Waals surface area (Å²) in [5.41, 5.74) is 1.42. The largest absolute Gasteiger partial charge is 0.497 e. The Balaban J connectivity index is 2.17. The Morgan fingerprint density at radius 1 is 1.06 bits per heavy atom. The zero-order valence-electron chi connectivity index (χ0n) is 11.5. The highest BCUT2D eigenvalue weighted by atomic mass is 16.5. The second kappa shape index (κ2) is 8.16. The van der Waals surface area contributed by atoms with Crippen molar-refractivity contribution in [3.63, 3.8) is 0 Å². The predicted octanol–water partition coefficient (Wildman–Crippen LogP) is 4.84. The molecule has 1 unspecified atom stereocenters. The minimum atomic E-state index is 0.899. The first-order valence-corrected chi connectivity index (χ1v) is 6.89. The maximum Gasteiger partial charge on any atom is 0.118 e. The molecule has 0 radical (unpaired) electrons. The molecule has 0 N–H and O–H groups in total. The smallest absolute Gasteiger partial charge is 0.118 e. The van der Waals surface area contributed by atoms with Crippen LogP contribution >= 0.6 is 0 Å². The van der Waals surface area contributed by atoms with Gasteiger partial charge in [0, 0.05) is 0 Å². The van der Waals surface area contributed by atoms with E-state index in [0.717, 1.165) is 11.7 Å². The zero-order chi connectivity index (χ0) is 12.5. The third-order valence-corrected chi connectivity index (χ3v) is 3.35. The van der Waals surface area contributed by atoms with Crippen LogP contribution in [0.1, 0.15) is 51.5 Å². The number of aryl methyl sites for hydroxylation is 1. The Bertz CT molecular complexity index is 289. The summed E-state index contributed by atoms with van der Waals surface area (Å²) in [4.78, 5) is 0. The average Bonchev–Trinajstić information content (AvgIpc) is 2.36. The van der Waals surface area contributed by atoms with Crippen molar-refractivity contribution in [3.05, 3.63) is 29.8 Å². The van der Waals surface area contributed by atoms with Gasteiger partial charge < -0.3 is 4.74 Å². The van der Waals surface area contributed by atoms with E-state index in [2.05, 4.69) is 38.1 Å². The molecule has 0 bridgehead atoms. The summed E-state index contributed by atoms with van der Waals surface area (Å²) in [6, 6.07) is 8.45. The van der Waals surface area contributed by atoms with Gasteiger partial charge in [0.1, 0.15) is 5.75 Å². The first-order chi connectivity index (χ1) is 8.26. The lowest BCUT2D eigenvalue weighted by Crippen LogP contribution is -1.94. The summed E-state index contributed by atoms with van der Waals surface area (Å²) in [6.07, 6.45) is 7.93. The van der Waals surface area contributed by atoms with Crippen LogP contribution in [-0.4, -0.2) is 7.11 Å². The van der Waals surface area contributed by atoms with Gasteiger partial charge in [-0.25, -0.2) is 0 Å². The normalized spacial score (nSPS) is 12.4. The molecule has 0 aliphatic rings. The van der Waals surface area contributed by atoms with Gasteiger partial charge in [0.05, 0.1) is 7.11 Å². The molecule has 1 heteroatoms. The second-order valence-electron chi connectivity index (χ2n) is 4.99. The maximum atomic E-state index is 5.15. The van der Waals surface area contributed by atoms with Gasteiger partial charge >= 0.3 is 0 Å². The number of hydrogen-bond acceptors (Lipinski definition) is 1. The van der Waals surface area contributed by atoms with Crippen LogP contribution in [0.5, 0.6) is 5.75 Å². The topological polar surface area (TPSA) is 9.23 Å². The fourth-order valence-electron chi connectivity index (χ4n) is 2.25. The fourth-order valence-corrected chi connectivity index (χ4v) is 2.25. The lowest BCUT2D eigenvalue weighted by molar-refractivity contribution is 0.414. The highest BCUT2D eigenvalue weighted by Gasteiger charge is 2.00. The van der Waals surface area contributed by atoms with Gasteiger partial charge in [0.2, 0.25) is 0 Å². The summed E-state index contributed by atoms with van der Waals surface area (Å²) in [5, 5.41) is 0. The molecular weight excluding hydrogens is 208 g/mol. The van der Waals surface area contributed by atoms with Crippen molar-refractivity contribution < 1.29 is 4.74 Å². The molecule has 1 rings (SSSR count). The molecule has 0 aromatic heterocycles. The van der Waals surface area contributed by atoms with Gasteiger partial charge in [-0.15, -0.1) is 0 Å². The van der Waals surface area contributed by atoms with E-state index in [1.54, 1.807) is 7.11 Å². The SMILES string of the molecule is CCCC(C)CCCCc1ccc(OC)cc1. The first kappa shape index (κ1) is 14.1. The van der Waals surface area contributed by atoms with E-state index in [4.69, 9.17) is 4.74 Å². The molecule has 1 nitrogen and oxygen atoms in total. The van der Waals surface area contributed by atoms with Gasteiger partial charge in [0.25, 0.3) is 0 Å². The summed E-state index contributed by atoms with van der Waals surface area (Å²) in [5.74, 6) is 1.85. The van der Waals surface area contributed by atoms with Gasteiger partial charge in [0.15, 0.2) is 0 Å². The van der Waals surface area contributed by atoms with Gasteiger partial charge in [-0.05, 0) is 36.5 Å². The number of hydrogen-bond donors (Lipinski definition) is 0. The van der Waals surface area contributed by atoms with Gasteiger partial charge in [-0.2, -0.15) is 0 Å². The van der Waals surface area contributed by atoms with Crippen LogP contribution in [0.15, 0.2) is 24.3 Å². The number of benzene rings is 1. The van der Waals surface area contributed by atoms with Crippen molar-refractivity contribution in [2.24, 2.45) is 5.92 Å². The van der Waals surface area contributed by atoms with Crippen LogP contribution in [0.25, 0.3) is 0 Å². The monoisotopic (exact) mass is 234 g/mol. The van der Waals surface area contributed by atoms with E-state index in [1.807, 2.05) is 0 Å². The van der Waals surface area contributed by atoms with Crippen LogP contribution in [0.2, 0.25) is 0 Å². The Kier molecular flexibility index (Phi) is 6.76. The van der Waals surface area contributed by atoms with Gasteiger partial charge in [-0.3, -0.25) is 0 Å². The van der Waals surface area contributed by atoms with E-state index < -0.39 is 0 Å². The number of ether oxygens (including phenoxy) is 1. The van der Waals surface area contributed by atoms with Crippen LogP contribution in [0.3, 0.4) is 0 Å². The number of unbranched alkanes of at least 4 members (excludes halogenated alkanes) is 1. The van der Waals surface area contributed by atoms with Crippen LogP contribution < -0.4 is 4.74 Å². The molecule has 0 heterocycles. The van der Waals surface area contributed by atoms with Crippen molar-refractivity contribution in [2.45, 2.75) is 52.4 Å². The molecular formula is C16H26O. The average molecular weight is 234 g/mol. The molecule has 0 saturated heterocycles. The molecule has 0 aliphatic carbocycles. The Labute approximate surface area is 106 Å². The Morgan fingerprint density at radius 2 is 1.76 bits per heavy atom. The lowest BCUT2D eigenvalue weighted by Gasteiger charge is -2.09. The van der Waals surface area contributed by atoms with Crippen molar-refractivity contribution in [1.82, 2.24) is 0 Å². The highest BCUT2D eigenvalue weighted by Crippen LogP contribution is 2.17.